The lowest BCUT2D eigenvalue weighted by molar-refractivity contribution is -0.329. The van der Waals surface area contributed by atoms with Crippen LogP contribution >= 0.6 is 0 Å². The van der Waals surface area contributed by atoms with Crippen LogP contribution in [-0.2, 0) is 42.9 Å². The van der Waals surface area contributed by atoms with E-state index in [1.54, 1.807) is 32.9 Å². The molecule has 12 atom stereocenters. The molecule has 58 heavy (non-hydrogen) atoms. The highest BCUT2D eigenvalue weighted by Gasteiger charge is 2.53. The van der Waals surface area contributed by atoms with Gasteiger partial charge in [0.15, 0.2) is 11.6 Å². The predicted octanol–water partition coefficient (Wildman–Crippen LogP) is 5.05. The third-order valence-electron chi connectivity index (χ3n) is 11.5. The number of aliphatic hydroxyl groups excluding tert-OH is 3. The predicted molar refractivity (Wildman–Crippen MR) is 215 cm³/mol. The number of methoxy groups -OCH3 is 2. The van der Waals surface area contributed by atoms with Crippen LogP contribution in [0.4, 0.5) is 0 Å². The summed E-state index contributed by atoms with van der Waals surface area (Å²) in [6.07, 6.45) is 5.61. The zero-order valence-electron chi connectivity index (χ0n) is 35.8. The third kappa shape index (κ3) is 12.5. The van der Waals surface area contributed by atoms with Gasteiger partial charge in [0.25, 0.3) is 0 Å². The number of ketones is 1. The fraction of sp³-hybridized carbons (Fsp3) is 0.636. The standard InChI is InChI=1S/C44H65NO13/c1-23(2)41-28(7)35(56-37(49)18-17-36(48)45-38-31(46)15-16-32(38)47)22-44(53,58-41)30(9)40(51)29(8)42-33(54-10)14-12-13-24(3)19-26(5)39(50)27(6)20-25(4)21-34(55-11)43(52)57-42/h12-14,17-18,20-21,23,26-30,33,35,39-42,46,50-51,53H,15-16,19,22H2,1-11H3,(H,45,48)/b14-12?,18-17+,24-13-,25-20+,34-21-/t26-,27+,28-,29-,30-,33-,35+,39-,40+,41+,42+,44+/m1/s1. The van der Waals surface area contributed by atoms with Crippen LogP contribution in [0, 0.1) is 35.5 Å². The van der Waals surface area contributed by atoms with Gasteiger partial charge in [-0.05, 0) is 38.2 Å². The molecule has 0 spiro atoms. The summed E-state index contributed by atoms with van der Waals surface area (Å²) in [5, 5.41) is 47.4. The van der Waals surface area contributed by atoms with Crippen LogP contribution in [0.3, 0.4) is 0 Å². The van der Waals surface area contributed by atoms with Crippen LogP contribution in [0.25, 0.3) is 0 Å². The number of carbonyl (C=O) groups is 4. The average Bonchev–Trinajstić information content (AvgIpc) is 3.48. The number of nitrogens with one attached hydrogen (secondary N) is 1. The lowest BCUT2D eigenvalue weighted by atomic mass is 9.76. The zero-order chi connectivity index (χ0) is 43.6. The number of ether oxygens (including phenoxy) is 5. The second-order valence-electron chi connectivity index (χ2n) is 16.5. The molecule has 0 aromatic heterocycles. The molecular weight excluding hydrogens is 750 g/mol. The van der Waals surface area contributed by atoms with Crippen LogP contribution in [0.15, 0.2) is 70.9 Å². The summed E-state index contributed by atoms with van der Waals surface area (Å²) in [6, 6.07) is 0. The number of hydrogen-bond donors (Lipinski definition) is 5. The van der Waals surface area contributed by atoms with Crippen molar-refractivity contribution in [2.75, 3.05) is 14.2 Å². The van der Waals surface area contributed by atoms with Crippen molar-refractivity contribution in [3.8, 4) is 0 Å². The minimum atomic E-state index is -2.04. The summed E-state index contributed by atoms with van der Waals surface area (Å²) >= 11 is 0. The van der Waals surface area contributed by atoms with Crippen molar-refractivity contribution in [3.63, 3.8) is 0 Å². The van der Waals surface area contributed by atoms with E-state index in [9.17, 15) is 39.6 Å². The van der Waals surface area contributed by atoms with Crippen molar-refractivity contribution in [2.45, 2.75) is 130 Å². The lowest BCUT2D eigenvalue weighted by Gasteiger charge is -2.50. The number of aliphatic hydroxyl groups is 4. The summed E-state index contributed by atoms with van der Waals surface area (Å²) in [4.78, 5) is 51.1. The van der Waals surface area contributed by atoms with E-state index < -0.39 is 83.8 Å². The number of cyclic esters (lactones) is 1. The largest absolute Gasteiger partial charge is 0.510 e. The number of allylic oxidation sites excluding steroid dienone is 7. The molecule has 2 aliphatic heterocycles. The van der Waals surface area contributed by atoms with Crippen LogP contribution in [0.2, 0.25) is 0 Å². The number of amides is 1. The quantitative estimate of drug-likeness (QED) is 0.137. The topological polar surface area (TPSA) is 207 Å². The summed E-state index contributed by atoms with van der Waals surface area (Å²) < 4.78 is 29.5. The average molecular weight is 816 g/mol. The molecule has 1 aliphatic carbocycles. The number of Topliss-reactive ketones (excluding diaryl/α,β-unsaturated/α-hetero) is 1. The van der Waals surface area contributed by atoms with Crippen LogP contribution in [0.5, 0.6) is 0 Å². The maximum absolute atomic E-state index is 13.7. The summed E-state index contributed by atoms with van der Waals surface area (Å²) in [6.45, 7) is 16.5. The first-order chi connectivity index (χ1) is 27.1. The van der Waals surface area contributed by atoms with Gasteiger partial charge in [0, 0.05) is 62.2 Å². The molecule has 1 saturated heterocycles. The van der Waals surface area contributed by atoms with Gasteiger partial charge in [0.2, 0.25) is 11.7 Å². The fourth-order valence-corrected chi connectivity index (χ4v) is 7.95. The normalized spacial score (nSPS) is 34.9. The monoisotopic (exact) mass is 815 g/mol. The van der Waals surface area contributed by atoms with Crippen molar-refractivity contribution in [1.82, 2.24) is 5.32 Å². The Morgan fingerprint density at radius 1 is 1.03 bits per heavy atom. The highest BCUT2D eigenvalue weighted by Crippen LogP contribution is 2.42. The van der Waals surface area contributed by atoms with Crippen molar-refractivity contribution < 1.29 is 63.3 Å². The van der Waals surface area contributed by atoms with Gasteiger partial charge in [-0.1, -0.05) is 83.9 Å². The van der Waals surface area contributed by atoms with Gasteiger partial charge < -0.3 is 49.4 Å². The molecule has 2 heterocycles. The molecule has 0 bridgehead atoms. The Morgan fingerprint density at radius 2 is 1.71 bits per heavy atom. The molecule has 324 valence electrons. The van der Waals surface area contributed by atoms with Gasteiger partial charge in [0.1, 0.15) is 29.8 Å². The highest BCUT2D eigenvalue weighted by atomic mass is 16.6. The number of carbonyl (C=O) groups excluding carboxylic acids is 4. The number of hydrogen-bond acceptors (Lipinski definition) is 13. The second-order valence-corrected chi connectivity index (χ2v) is 16.5. The Morgan fingerprint density at radius 3 is 2.29 bits per heavy atom. The maximum atomic E-state index is 13.7. The highest BCUT2D eigenvalue weighted by molar-refractivity contribution is 6.04. The molecule has 3 aliphatic rings. The molecular formula is C44H65NO13. The molecule has 14 nitrogen and oxygen atoms in total. The molecule has 1 fully saturated rings. The molecule has 0 radical (unpaired) electrons. The van der Waals surface area contributed by atoms with Crippen molar-refractivity contribution in [3.05, 3.63) is 70.9 Å². The Labute approximate surface area is 342 Å². The van der Waals surface area contributed by atoms with Gasteiger partial charge in [-0.25, -0.2) is 9.59 Å². The molecule has 14 heteroatoms. The van der Waals surface area contributed by atoms with Gasteiger partial charge in [-0.3, -0.25) is 9.59 Å². The van der Waals surface area contributed by atoms with Crippen LogP contribution in [0.1, 0.15) is 88.0 Å². The van der Waals surface area contributed by atoms with Gasteiger partial charge in [-0.2, -0.15) is 0 Å². The van der Waals surface area contributed by atoms with E-state index in [0.717, 1.165) is 17.7 Å². The minimum absolute atomic E-state index is 0.0594. The van der Waals surface area contributed by atoms with Crippen LogP contribution < -0.4 is 5.32 Å². The minimum Gasteiger partial charge on any atom is -0.510 e. The molecule has 5 N–H and O–H groups in total. The maximum Gasteiger partial charge on any atom is 0.373 e. The van der Waals surface area contributed by atoms with Gasteiger partial charge >= 0.3 is 11.9 Å². The molecule has 1 amide bonds. The first-order valence-electron chi connectivity index (χ1n) is 20.1. The Bertz CT molecular complexity index is 1670. The van der Waals surface area contributed by atoms with E-state index in [2.05, 4.69) is 5.32 Å². The van der Waals surface area contributed by atoms with Gasteiger partial charge in [-0.15, -0.1) is 0 Å². The smallest absolute Gasteiger partial charge is 0.373 e. The molecule has 3 rings (SSSR count). The Hall–Kier alpha value is -4.08. The van der Waals surface area contributed by atoms with Crippen LogP contribution in [-0.4, -0.2) is 101 Å². The summed E-state index contributed by atoms with van der Waals surface area (Å²) in [5.41, 5.74) is 1.48. The Kier molecular flexibility index (Phi) is 17.7. The third-order valence-corrected chi connectivity index (χ3v) is 11.5. The lowest BCUT2D eigenvalue weighted by Crippen LogP contribution is -2.59. The molecule has 0 aromatic rings. The van der Waals surface area contributed by atoms with Crippen molar-refractivity contribution in [2.24, 2.45) is 35.5 Å². The van der Waals surface area contributed by atoms with E-state index in [1.807, 2.05) is 53.7 Å². The first-order valence-corrected chi connectivity index (χ1v) is 20.1. The van der Waals surface area contributed by atoms with Crippen molar-refractivity contribution in [1.29, 1.82) is 0 Å². The molecule has 0 saturated carbocycles. The van der Waals surface area contributed by atoms with E-state index in [0.29, 0.717) is 12.0 Å². The zero-order valence-corrected chi connectivity index (χ0v) is 35.8. The summed E-state index contributed by atoms with van der Waals surface area (Å²) in [5.74, 6) is -8.07. The Balaban J connectivity index is 1.92. The van der Waals surface area contributed by atoms with Crippen molar-refractivity contribution >= 4 is 23.6 Å². The molecule has 0 aromatic carbocycles. The van der Waals surface area contributed by atoms with E-state index in [4.69, 9.17) is 23.7 Å². The van der Waals surface area contributed by atoms with Gasteiger partial charge in [0.05, 0.1) is 25.4 Å². The van der Waals surface area contributed by atoms with E-state index in [1.165, 1.54) is 20.3 Å². The summed E-state index contributed by atoms with van der Waals surface area (Å²) in [7, 11) is 2.79. The SMILES string of the molecule is CO/C1=C\C(C)=C\[C@H](C)[C@H](O)[C@H](C)C/C(C)=C\C=C[C@@H](OC)[C@H]([C@H](C)[C@H](O)[C@@H](C)[C@]2(O)C[C@H](OC(=O)/C=C/C(=O)NC3=C(O)CCC3=O)[C@@H](C)[C@H](C(C)C)O2)OC1=O. The van der Waals surface area contributed by atoms with E-state index >= 15 is 0 Å². The number of esters is 2. The first kappa shape index (κ1) is 48.3. The fourth-order valence-electron chi connectivity index (χ4n) is 7.95. The second kappa shape index (κ2) is 21.3. The molecule has 0 unspecified atom stereocenters. The number of rotatable bonds is 11. The van der Waals surface area contributed by atoms with E-state index in [-0.39, 0.29) is 54.2 Å².